The molecule has 0 bridgehead atoms. The smallest absolute Gasteiger partial charge is 0.0134 e. The minimum atomic E-state index is 0.200. The molecule has 0 atom stereocenters. The summed E-state index contributed by atoms with van der Waals surface area (Å²) in [6.07, 6.45) is 0. The van der Waals surface area contributed by atoms with Crippen LogP contribution in [-0.2, 0) is 5.41 Å². The summed E-state index contributed by atoms with van der Waals surface area (Å²) < 4.78 is 0. The maximum Gasteiger partial charge on any atom is 0.0134 e. The predicted molar refractivity (Wildman–Crippen MR) is 66.1 cm³/mol. The zero-order valence-corrected chi connectivity index (χ0v) is 11.2. The van der Waals surface area contributed by atoms with E-state index in [9.17, 15) is 0 Å². The molecule has 13 heavy (non-hydrogen) atoms. The van der Waals surface area contributed by atoms with E-state index >= 15 is 0 Å². The summed E-state index contributed by atoms with van der Waals surface area (Å²) >= 11 is 7.13. The minimum absolute atomic E-state index is 0.200. The van der Waals surface area contributed by atoms with E-state index < -0.39 is 0 Å². The third-order valence-corrected chi connectivity index (χ3v) is 4.78. The Morgan fingerprint density at radius 2 is 1.85 bits per heavy atom. The molecule has 0 saturated carbocycles. The largest absolute Gasteiger partial charge is 0.0918 e. The molecule has 0 aliphatic carbocycles. The summed E-state index contributed by atoms with van der Waals surface area (Å²) in [4.78, 5) is 0. The van der Waals surface area contributed by atoms with Gasteiger partial charge in [-0.15, -0.1) is 0 Å². The Bertz CT molecular complexity index is 277. The van der Waals surface area contributed by atoms with Gasteiger partial charge >= 0.3 is 0 Å². The van der Waals surface area contributed by atoms with E-state index in [0.717, 1.165) is 10.7 Å². The Morgan fingerprint density at radius 1 is 1.23 bits per heavy atom. The van der Waals surface area contributed by atoms with Gasteiger partial charge in [0.1, 0.15) is 0 Å². The lowest BCUT2D eigenvalue weighted by Crippen LogP contribution is -2.25. The van der Waals surface area contributed by atoms with Crippen LogP contribution in [0.1, 0.15) is 18.1 Å². The lowest BCUT2D eigenvalue weighted by Gasteiger charge is -2.25. The molecule has 0 spiro atoms. The highest BCUT2D eigenvalue weighted by Crippen LogP contribution is 2.28. The van der Waals surface area contributed by atoms with E-state index in [4.69, 9.17) is 0 Å². The first-order valence-corrected chi connectivity index (χ1v) is 6.56. The van der Waals surface area contributed by atoms with Crippen molar-refractivity contribution in [2.75, 3.05) is 10.7 Å². The average molecular weight is 306 g/mol. The summed E-state index contributed by atoms with van der Waals surface area (Å²) in [5.41, 5.74) is 2.92. The first kappa shape index (κ1) is 11.3. The number of hydrogen-bond donors (Lipinski definition) is 0. The molecular formula is C11H14Br2. The Balaban J connectivity index is 3.05. The first-order valence-electron chi connectivity index (χ1n) is 4.31. The summed E-state index contributed by atoms with van der Waals surface area (Å²) in [7, 11) is 0. The molecule has 0 aliphatic heterocycles. The van der Waals surface area contributed by atoms with Crippen molar-refractivity contribution in [1.82, 2.24) is 0 Å². The number of hydrogen-bond acceptors (Lipinski definition) is 0. The fraction of sp³-hybridized carbons (Fsp3) is 0.455. The average Bonchev–Trinajstić information content (AvgIpc) is 2.17. The molecule has 0 fully saturated rings. The van der Waals surface area contributed by atoms with E-state index in [1.807, 2.05) is 0 Å². The zero-order chi connectivity index (χ0) is 9.90. The molecular weight excluding hydrogens is 292 g/mol. The van der Waals surface area contributed by atoms with Crippen molar-refractivity contribution in [2.24, 2.45) is 0 Å². The van der Waals surface area contributed by atoms with Crippen LogP contribution in [0.2, 0.25) is 0 Å². The SMILES string of the molecule is Cc1cccc(C(C)(CBr)CBr)c1. The van der Waals surface area contributed by atoms with Gasteiger partial charge in [-0.05, 0) is 12.5 Å². The van der Waals surface area contributed by atoms with E-state index in [2.05, 4.69) is 70.0 Å². The highest BCUT2D eigenvalue weighted by Gasteiger charge is 2.23. The Hall–Kier alpha value is 0.180. The molecule has 1 aromatic carbocycles. The van der Waals surface area contributed by atoms with Gasteiger partial charge in [0, 0.05) is 16.1 Å². The van der Waals surface area contributed by atoms with Crippen LogP contribution in [0, 0.1) is 6.92 Å². The minimum Gasteiger partial charge on any atom is -0.0918 e. The first-order chi connectivity index (χ1) is 6.12. The van der Waals surface area contributed by atoms with Crippen molar-refractivity contribution in [3.63, 3.8) is 0 Å². The molecule has 1 aromatic rings. The Morgan fingerprint density at radius 3 is 2.31 bits per heavy atom. The summed E-state index contributed by atoms with van der Waals surface area (Å²) in [5, 5.41) is 1.96. The number of aryl methyl sites for hydroxylation is 1. The standard InChI is InChI=1S/C11H14Br2/c1-9-4-3-5-10(6-9)11(2,7-12)8-13/h3-6H,7-8H2,1-2H3. The predicted octanol–water partition coefficient (Wildman–Crippen LogP) is 4.04. The third kappa shape index (κ3) is 2.57. The molecule has 0 aliphatic rings. The molecule has 2 heteroatoms. The molecule has 0 heterocycles. The number of halogens is 2. The maximum absolute atomic E-state index is 3.56. The van der Waals surface area contributed by atoms with Gasteiger partial charge in [0.15, 0.2) is 0 Å². The second kappa shape index (κ2) is 4.61. The molecule has 0 aromatic heterocycles. The van der Waals surface area contributed by atoms with Gasteiger partial charge in [-0.25, -0.2) is 0 Å². The molecule has 0 nitrogen and oxygen atoms in total. The Labute approximate surface area is 97.0 Å². The fourth-order valence-electron chi connectivity index (χ4n) is 1.21. The summed E-state index contributed by atoms with van der Waals surface area (Å²) in [5.74, 6) is 0. The Kier molecular flexibility index (Phi) is 3.99. The van der Waals surface area contributed by atoms with Gasteiger partial charge in [-0.3, -0.25) is 0 Å². The number of alkyl halides is 2. The van der Waals surface area contributed by atoms with Gasteiger partial charge in [0.2, 0.25) is 0 Å². The maximum atomic E-state index is 3.56. The van der Waals surface area contributed by atoms with Crippen LogP contribution >= 0.6 is 31.9 Å². The van der Waals surface area contributed by atoms with Gasteiger partial charge in [-0.2, -0.15) is 0 Å². The highest BCUT2D eigenvalue weighted by atomic mass is 79.9. The van der Waals surface area contributed by atoms with Crippen molar-refractivity contribution >= 4 is 31.9 Å². The molecule has 0 saturated heterocycles. The van der Waals surface area contributed by atoms with Gasteiger partial charge in [-0.1, -0.05) is 68.6 Å². The van der Waals surface area contributed by atoms with Crippen molar-refractivity contribution < 1.29 is 0 Å². The van der Waals surface area contributed by atoms with Crippen molar-refractivity contribution in [2.45, 2.75) is 19.3 Å². The highest BCUT2D eigenvalue weighted by molar-refractivity contribution is 9.09. The topological polar surface area (TPSA) is 0 Å². The quantitative estimate of drug-likeness (QED) is 0.739. The van der Waals surface area contributed by atoms with Crippen LogP contribution in [0.25, 0.3) is 0 Å². The summed E-state index contributed by atoms with van der Waals surface area (Å²) in [6.45, 7) is 4.39. The third-order valence-electron chi connectivity index (χ3n) is 2.30. The van der Waals surface area contributed by atoms with E-state index in [-0.39, 0.29) is 5.41 Å². The van der Waals surface area contributed by atoms with Gasteiger partial charge in [0.25, 0.3) is 0 Å². The second-order valence-corrected chi connectivity index (χ2v) is 4.82. The van der Waals surface area contributed by atoms with Crippen LogP contribution < -0.4 is 0 Å². The second-order valence-electron chi connectivity index (χ2n) is 3.70. The lowest BCUT2D eigenvalue weighted by molar-refractivity contribution is 0.623. The number of benzene rings is 1. The van der Waals surface area contributed by atoms with Crippen LogP contribution in [0.5, 0.6) is 0 Å². The zero-order valence-electron chi connectivity index (χ0n) is 7.98. The molecule has 1 rings (SSSR count). The lowest BCUT2D eigenvalue weighted by atomic mass is 9.86. The number of rotatable bonds is 3. The molecule has 0 amide bonds. The monoisotopic (exact) mass is 304 g/mol. The normalized spacial score (nSPS) is 11.7. The van der Waals surface area contributed by atoms with E-state index in [1.165, 1.54) is 11.1 Å². The van der Waals surface area contributed by atoms with Crippen LogP contribution in [0.15, 0.2) is 24.3 Å². The van der Waals surface area contributed by atoms with Crippen LogP contribution in [-0.4, -0.2) is 10.7 Å². The van der Waals surface area contributed by atoms with E-state index in [0.29, 0.717) is 0 Å². The molecule has 0 unspecified atom stereocenters. The van der Waals surface area contributed by atoms with Crippen LogP contribution in [0.4, 0.5) is 0 Å². The van der Waals surface area contributed by atoms with E-state index in [1.54, 1.807) is 0 Å². The van der Waals surface area contributed by atoms with Gasteiger partial charge in [0.05, 0.1) is 0 Å². The van der Waals surface area contributed by atoms with Crippen molar-refractivity contribution in [1.29, 1.82) is 0 Å². The summed E-state index contributed by atoms with van der Waals surface area (Å²) in [6, 6.07) is 8.69. The molecule has 72 valence electrons. The van der Waals surface area contributed by atoms with Crippen molar-refractivity contribution in [3.05, 3.63) is 35.4 Å². The molecule has 0 radical (unpaired) electrons. The van der Waals surface area contributed by atoms with Gasteiger partial charge < -0.3 is 0 Å². The molecule has 0 N–H and O–H groups in total. The fourth-order valence-corrected chi connectivity index (χ4v) is 2.79. The van der Waals surface area contributed by atoms with Crippen LogP contribution in [0.3, 0.4) is 0 Å². The van der Waals surface area contributed by atoms with Crippen molar-refractivity contribution in [3.8, 4) is 0 Å².